The van der Waals surface area contributed by atoms with Crippen LogP contribution in [0.3, 0.4) is 0 Å². The lowest BCUT2D eigenvalue weighted by molar-refractivity contribution is -0.116. The number of amides is 1. The summed E-state index contributed by atoms with van der Waals surface area (Å²) < 4.78 is 3.23. The highest BCUT2D eigenvalue weighted by molar-refractivity contribution is 6.36. The minimum absolute atomic E-state index is 0.216. The molecule has 2 aromatic heterocycles. The molecule has 3 aromatic rings. The van der Waals surface area contributed by atoms with Gasteiger partial charge in [0.05, 0.1) is 30.0 Å². The number of carbonyl (C=O) groups is 1. The summed E-state index contributed by atoms with van der Waals surface area (Å²) in [5.74, 6) is -0.00190. The van der Waals surface area contributed by atoms with E-state index in [-0.39, 0.29) is 18.3 Å². The topological polar surface area (TPSA) is 77.6 Å². The highest BCUT2D eigenvalue weighted by atomic mass is 35.5. The molecule has 0 fully saturated rings. The standard InChI is InChI=1S/C16H15Cl3N6O/c1-10-14(19)7-21-25(10)6-5-15(26)22-16-20-9-24(23-16)8-11-12(17)3-2-4-13(11)18/h2-4,7,9H,5-6,8H2,1H3,(H,22,23,26). The van der Waals surface area contributed by atoms with Crippen LogP contribution >= 0.6 is 34.8 Å². The molecule has 10 heteroatoms. The first-order valence-electron chi connectivity index (χ1n) is 7.74. The van der Waals surface area contributed by atoms with Gasteiger partial charge in [-0.1, -0.05) is 40.9 Å². The Morgan fingerprint density at radius 1 is 1.19 bits per heavy atom. The number of rotatable bonds is 6. The highest BCUT2D eigenvalue weighted by Crippen LogP contribution is 2.24. The number of aromatic nitrogens is 5. The van der Waals surface area contributed by atoms with Gasteiger partial charge >= 0.3 is 0 Å². The average Bonchev–Trinajstić information content (AvgIpc) is 3.17. The average molecular weight is 414 g/mol. The summed E-state index contributed by atoms with van der Waals surface area (Å²) in [4.78, 5) is 16.1. The molecule has 0 aliphatic heterocycles. The quantitative estimate of drug-likeness (QED) is 0.666. The lowest BCUT2D eigenvalue weighted by atomic mass is 10.2. The van der Waals surface area contributed by atoms with Crippen LogP contribution in [0.4, 0.5) is 5.95 Å². The largest absolute Gasteiger partial charge is 0.293 e. The third-order valence-corrected chi connectivity index (χ3v) is 4.84. The molecule has 0 spiro atoms. The van der Waals surface area contributed by atoms with Gasteiger partial charge in [-0.3, -0.25) is 14.8 Å². The smallest absolute Gasteiger partial charge is 0.248 e. The van der Waals surface area contributed by atoms with Gasteiger partial charge in [0.2, 0.25) is 11.9 Å². The van der Waals surface area contributed by atoms with Gasteiger partial charge in [0.1, 0.15) is 6.33 Å². The van der Waals surface area contributed by atoms with Gasteiger partial charge in [0.25, 0.3) is 0 Å². The normalized spacial score (nSPS) is 10.9. The van der Waals surface area contributed by atoms with Crippen LogP contribution in [0, 0.1) is 6.92 Å². The van der Waals surface area contributed by atoms with Crippen molar-refractivity contribution in [3.05, 3.63) is 57.0 Å². The van der Waals surface area contributed by atoms with Crippen molar-refractivity contribution in [1.82, 2.24) is 24.5 Å². The maximum atomic E-state index is 12.1. The number of carbonyl (C=O) groups excluding carboxylic acids is 1. The second kappa shape index (κ2) is 8.07. The maximum absolute atomic E-state index is 12.1. The first-order valence-corrected chi connectivity index (χ1v) is 8.87. The SMILES string of the molecule is Cc1c(Cl)cnn1CCC(=O)Nc1ncn(Cc2c(Cl)cccc2Cl)n1. The zero-order valence-electron chi connectivity index (χ0n) is 13.8. The fraction of sp³-hybridized carbons (Fsp3) is 0.250. The summed E-state index contributed by atoms with van der Waals surface area (Å²) in [5.41, 5.74) is 1.56. The molecule has 26 heavy (non-hydrogen) atoms. The molecular formula is C16H15Cl3N6O. The molecule has 0 bridgehead atoms. The number of benzene rings is 1. The minimum Gasteiger partial charge on any atom is -0.293 e. The van der Waals surface area contributed by atoms with Crippen molar-refractivity contribution in [2.45, 2.75) is 26.4 Å². The van der Waals surface area contributed by atoms with E-state index in [1.165, 1.54) is 6.33 Å². The van der Waals surface area contributed by atoms with E-state index in [0.717, 1.165) is 11.3 Å². The van der Waals surface area contributed by atoms with Gasteiger partial charge in [0.15, 0.2) is 0 Å². The molecule has 0 saturated carbocycles. The fourth-order valence-corrected chi connectivity index (χ4v) is 2.98. The Morgan fingerprint density at radius 2 is 1.92 bits per heavy atom. The minimum atomic E-state index is -0.218. The van der Waals surface area contributed by atoms with Crippen molar-refractivity contribution in [1.29, 1.82) is 0 Å². The number of hydrogen-bond acceptors (Lipinski definition) is 4. The van der Waals surface area contributed by atoms with E-state index in [4.69, 9.17) is 34.8 Å². The van der Waals surface area contributed by atoms with E-state index in [2.05, 4.69) is 20.5 Å². The molecule has 0 saturated heterocycles. The van der Waals surface area contributed by atoms with E-state index in [1.54, 1.807) is 33.8 Å². The maximum Gasteiger partial charge on any atom is 0.248 e. The molecule has 1 N–H and O–H groups in total. The Labute approximate surface area is 164 Å². The zero-order valence-corrected chi connectivity index (χ0v) is 16.1. The second-order valence-electron chi connectivity index (χ2n) is 5.57. The first kappa shape index (κ1) is 18.7. The summed E-state index contributed by atoms with van der Waals surface area (Å²) in [6.45, 7) is 2.61. The molecule has 2 heterocycles. The molecule has 1 aromatic carbocycles. The van der Waals surface area contributed by atoms with Crippen molar-refractivity contribution >= 4 is 46.7 Å². The van der Waals surface area contributed by atoms with Crippen LogP contribution < -0.4 is 5.32 Å². The summed E-state index contributed by atoms with van der Waals surface area (Å²) >= 11 is 18.2. The van der Waals surface area contributed by atoms with Crippen molar-refractivity contribution in [3.63, 3.8) is 0 Å². The molecule has 0 radical (unpaired) electrons. The Kier molecular flexibility index (Phi) is 5.80. The van der Waals surface area contributed by atoms with E-state index >= 15 is 0 Å². The van der Waals surface area contributed by atoms with Crippen LogP contribution in [-0.2, 0) is 17.9 Å². The lowest BCUT2D eigenvalue weighted by Crippen LogP contribution is -2.16. The van der Waals surface area contributed by atoms with E-state index in [0.29, 0.717) is 28.2 Å². The third kappa shape index (κ3) is 4.35. The molecular weight excluding hydrogens is 399 g/mol. The predicted molar refractivity (Wildman–Crippen MR) is 101 cm³/mol. The summed E-state index contributed by atoms with van der Waals surface area (Å²) in [5, 5.41) is 12.6. The third-order valence-electron chi connectivity index (χ3n) is 3.76. The molecule has 0 aliphatic rings. The molecule has 3 rings (SSSR count). The summed E-state index contributed by atoms with van der Waals surface area (Å²) in [7, 11) is 0. The molecule has 0 atom stereocenters. The lowest BCUT2D eigenvalue weighted by Gasteiger charge is -2.06. The van der Waals surface area contributed by atoms with Crippen LogP contribution in [0.25, 0.3) is 0 Å². The van der Waals surface area contributed by atoms with Gasteiger partial charge in [-0.25, -0.2) is 9.67 Å². The van der Waals surface area contributed by atoms with Crippen molar-refractivity contribution in [3.8, 4) is 0 Å². The van der Waals surface area contributed by atoms with Gasteiger partial charge < -0.3 is 0 Å². The molecule has 0 aliphatic carbocycles. The Bertz CT molecular complexity index is 916. The molecule has 7 nitrogen and oxygen atoms in total. The van der Waals surface area contributed by atoms with E-state index < -0.39 is 0 Å². The Morgan fingerprint density at radius 3 is 2.58 bits per heavy atom. The Balaban J connectivity index is 1.58. The Hall–Kier alpha value is -2.09. The van der Waals surface area contributed by atoms with Crippen LogP contribution in [0.15, 0.2) is 30.7 Å². The van der Waals surface area contributed by atoms with Crippen LogP contribution in [0.1, 0.15) is 17.7 Å². The highest BCUT2D eigenvalue weighted by Gasteiger charge is 2.11. The van der Waals surface area contributed by atoms with Crippen molar-refractivity contribution in [2.24, 2.45) is 0 Å². The van der Waals surface area contributed by atoms with Crippen LogP contribution in [0.2, 0.25) is 15.1 Å². The van der Waals surface area contributed by atoms with Crippen LogP contribution in [0.5, 0.6) is 0 Å². The number of aryl methyl sites for hydroxylation is 1. The van der Waals surface area contributed by atoms with Gasteiger partial charge in [0, 0.05) is 22.0 Å². The summed E-state index contributed by atoms with van der Waals surface area (Å²) in [6, 6.07) is 5.29. The molecule has 1 amide bonds. The number of nitrogens with zero attached hydrogens (tertiary/aromatic N) is 5. The van der Waals surface area contributed by atoms with Crippen molar-refractivity contribution < 1.29 is 4.79 Å². The number of nitrogens with one attached hydrogen (secondary N) is 1. The zero-order chi connectivity index (χ0) is 18.7. The molecule has 0 unspecified atom stereocenters. The number of anilines is 1. The van der Waals surface area contributed by atoms with Crippen molar-refractivity contribution in [2.75, 3.05) is 5.32 Å². The fourth-order valence-electron chi connectivity index (χ4n) is 2.32. The first-order chi connectivity index (χ1) is 12.4. The van der Waals surface area contributed by atoms with Gasteiger partial charge in [-0.15, -0.1) is 5.10 Å². The van der Waals surface area contributed by atoms with Gasteiger partial charge in [-0.2, -0.15) is 5.10 Å². The molecule has 136 valence electrons. The monoisotopic (exact) mass is 412 g/mol. The predicted octanol–water partition coefficient (Wildman–Crippen LogP) is 3.82. The second-order valence-corrected chi connectivity index (χ2v) is 6.79. The van der Waals surface area contributed by atoms with E-state index in [1.807, 2.05) is 6.92 Å². The van der Waals surface area contributed by atoms with Crippen LogP contribution in [-0.4, -0.2) is 30.5 Å². The van der Waals surface area contributed by atoms with Gasteiger partial charge in [-0.05, 0) is 19.1 Å². The van der Waals surface area contributed by atoms with E-state index in [9.17, 15) is 4.79 Å². The number of hydrogen-bond donors (Lipinski definition) is 1. The number of halogens is 3. The summed E-state index contributed by atoms with van der Waals surface area (Å²) in [6.07, 6.45) is 3.29.